The Bertz CT molecular complexity index is 1580. The van der Waals surface area contributed by atoms with E-state index >= 15 is 0 Å². The summed E-state index contributed by atoms with van der Waals surface area (Å²) in [5.41, 5.74) is 9.64. The Balaban J connectivity index is 1.13. The highest BCUT2D eigenvalue weighted by Gasteiger charge is 2.27. The van der Waals surface area contributed by atoms with Crippen LogP contribution < -0.4 is 16.0 Å². The second-order valence-electron chi connectivity index (χ2n) is 12.1. The Labute approximate surface area is 255 Å². The van der Waals surface area contributed by atoms with E-state index in [1.807, 2.05) is 37.4 Å². The van der Waals surface area contributed by atoms with Gasteiger partial charge in [-0.25, -0.2) is 14.8 Å². The average molecular weight is 575 g/mol. The summed E-state index contributed by atoms with van der Waals surface area (Å²) in [6.07, 6.45) is 6.57. The van der Waals surface area contributed by atoms with E-state index in [2.05, 4.69) is 82.1 Å². The Morgan fingerprint density at radius 2 is 1.77 bits per heavy atom. The standard InChI is InChI=1S/C36H42N6O/c1-24(2)29-13-8-10-25(3)33(29)41-36(43)39-28-16-14-26(15-17-28)32-22-27-23-38-35(37-18-9-21-42-19-6-7-20-42)40-34(27)31-12-5-4-11-30(31)32/h4-5,8,10-17,23-24,32H,6-7,9,18-22H2,1-3H3,(H,37,38,40)(H2,39,41,43). The maximum Gasteiger partial charge on any atom is 0.323 e. The summed E-state index contributed by atoms with van der Waals surface area (Å²) in [7, 11) is 0. The number of rotatable bonds is 9. The molecule has 222 valence electrons. The first kappa shape index (κ1) is 28.9. The van der Waals surface area contributed by atoms with Crippen LogP contribution in [0, 0.1) is 6.92 Å². The number of fused-ring (bicyclic) bond motifs is 3. The van der Waals surface area contributed by atoms with Crippen LogP contribution in [0.1, 0.15) is 72.8 Å². The van der Waals surface area contributed by atoms with Gasteiger partial charge in [-0.3, -0.25) is 0 Å². The monoisotopic (exact) mass is 574 g/mol. The molecule has 43 heavy (non-hydrogen) atoms. The third-order valence-corrected chi connectivity index (χ3v) is 8.75. The molecule has 3 aromatic carbocycles. The maximum atomic E-state index is 12.9. The van der Waals surface area contributed by atoms with Crippen molar-refractivity contribution < 1.29 is 4.79 Å². The number of para-hydroxylation sites is 1. The molecule has 6 rings (SSSR count). The molecule has 0 saturated carbocycles. The molecule has 7 heteroatoms. The van der Waals surface area contributed by atoms with Gasteiger partial charge >= 0.3 is 6.03 Å². The number of urea groups is 1. The lowest BCUT2D eigenvalue weighted by Crippen LogP contribution is -2.22. The molecule has 1 saturated heterocycles. The van der Waals surface area contributed by atoms with E-state index in [1.54, 1.807) is 0 Å². The van der Waals surface area contributed by atoms with Crippen molar-refractivity contribution in [2.75, 3.05) is 42.1 Å². The Hall–Kier alpha value is -4.23. The molecule has 0 radical (unpaired) electrons. The highest BCUT2D eigenvalue weighted by Crippen LogP contribution is 2.42. The molecule has 7 nitrogen and oxygen atoms in total. The fourth-order valence-corrected chi connectivity index (χ4v) is 6.44. The SMILES string of the molecule is Cc1cccc(C(C)C)c1NC(=O)Nc1ccc(C2Cc3cnc(NCCCN4CCCC4)nc3-c3ccccc32)cc1. The van der Waals surface area contributed by atoms with E-state index < -0.39 is 0 Å². The number of anilines is 3. The van der Waals surface area contributed by atoms with Crippen LogP contribution in [-0.2, 0) is 6.42 Å². The third-order valence-electron chi connectivity index (χ3n) is 8.75. The van der Waals surface area contributed by atoms with Crippen molar-refractivity contribution in [1.82, 2.24) is 14.9 Å². The molecule has 1 atom stereocenters. The molecule has 1 aliphatic heterocycles. The lowest BCUT2D eigenvalue weighted by atomic mass is 9.78. The first-order valence-corrected chi connectivity index (χ1v) is 15.6. The molecule has 1 aromatic heterocycles. The van der Waals surface area contributed by atoms with Crippen molar-refractivity contribution in [2.24, 2.45) is 0 Å². The first-order chi connectivity index (χ1) is 21.0. The molecule has 0 spiro atoms. The molecular weight excluding hydrogens is 532 g/mol. The van der Waals surface area contributed by atoms with Crippen LogP contribution in [0.15, 0.2) is 72.9 Å². The second-order valence-corrected chi connectivity index (χ2v) is 12.1. The zero-order chi connectivity index (χ0) is 29.8. The summed E-state index contributed by atoms with van der Waals surface area (Å²) in [6.45, 7) is 10.8. The van der Waals surface area contributed by atoms with Crippen LogP contribution in [0.25, 0.3) is 11.3 Å². The number of amides is 2. The van der Waals surface area contributed by atoms with Gasteiger partial charge in [0, 0.05) is 35.6 Å². The molecule has 1 fully saturated rings. The third kappa shape index (κ3) is 6.57. The number of nitrogens with one attached hydrogen (secondary N) is 3. The number of likely N-dealkylation sites (tertiary alicyclic amines) is 1. The average Bonchev–Trinajstić information content (AvgIpc) is 3.54. The topological polar surface area (TPSA) is 82.2 Å². The zero-order valence-electron chi connectivity index (χ0n) is 25.5. The minimum Gasteiger partial charge on any atom is -0.354 e. The van der Waals surface area contributed by atoms with E-state index in [0.717, 1.165) is 65.3 Å². The molecule has 2 aliphatic rings. The molecule has 1 aliphatic carbocycles. The lowest BCUT2D eigenvalue weighted by molar-refractivity contribution is 0.262. The van der Waals surface area contributed by atoms with Crippen molar-refractivity contribution in [1.29, 1.82) is 0 Å². The number of nitrogens with zero attached hydrogens (tertiary/aromatic N) is 3. The summed E-state index contributed by atoms with van der Waals surface area (Å²) in [5.74, 6) is 1.21. The summed E-state index contributed by atoms with van der Waals surface area (Å²) >= 11 is 0. The predicted octanol–water partition coefficient (Wildman–Crippen LogP) is 7.81. The number of hydrogen-bond acceptors (Lipinski definition) is 5. The molecule has 2 heterocycles. The quantitative estimate of drug-likeness (QED) is 0.178. The Kier molecular flexibility index (Phi) is 8.70. The summed E-state index contributed by atoms with van der Waals surface area (Å²) in [6, 6.07) is 22.7. The van der Waals surface area contributed by atoms with Crippen molar-refractivity contribution in [3.8, 4) is 11.3 Å². The second kappa shape index (κ2) is 13.0. The van der Waals surface area contributed by atoms with Crippen LogP contribution in [0.3, 0.4) is 0 Å². The number of benzene rings is 3. The minimum absolute atomic E-state index is 0.190. The van der Waals surface area contributed by atoms with E-state index in [-0.39, 0.29) is 11.9 Å². The number of carbonyl (C=O) groups is 1. The number of hydrogen-bond donors (Lipinski definition) is 3. The largest absolute Gasteiger partial charge is 0.354 e. The summed E-state index contributed by atoms with van der Waals surface area (Å²) in [4.78, 5) is 25.1. The number of carbonyl (C=O) groups excluding carboxylic acids is 1. The van der Waals surface area contributed by atoms with Crippen molar-refractivity contribution in [3.63, 3.8) is 0 Å². The van der Waals surface area contributed by atoms with Gasteiger partial charge in [-0.1, -0.05) is 68.4 Å². The van der Waals surface area contributed by atoms with Gasteiger partial charge in [0.2, 0.25) is 5.95 Å². The minimum atomic E-state index is -0.238. The molecule has 4 aromatic rings. The van der Waals surface area contributed by atoms with Gasteiger partial charge < -0.3 is 20.9 Å². The zero-order valence-corrected chi connectivity index (χ0v) is 25.5. The number of aryl methyl sites for hydroxylation is 1. The van der Waals surface area contributed by atoms with Gasteiger partial charge in [0.1, 0.15) is 0 Å². The summed E-state index contributed by atoms with van der Waals surface area (Å²) < 4.78 is 0. The van der Waals surface area contributed by atoms with E-state index in [0.29, 0.717) is 11.9 Å². The van der Waals surface area contributed by atoms with E-state index in [4.69, 9.17) is 4.98 Å². The van der Waals surface area contributed by atoms with Gasteiger partial charge in [0.05, 0.1) is 5.69 Å². The first-order valence-electron chi connectivity index (χ1n) is 15.6. The van der Waals surface area contributed by atoms with Gasteiger partial charge in [-0.05, 0) is 98.1 Å². The van der Waals surface area contributed by atoms with Gasteiger partial charge in [-0.2, -0.15) is 0 Å². The van der Waals surface area contributed by atoms with E-state index in [1.165, 1.54) is 37.1 Å². The lowest BCUT2D eigenvalue weighted by Gasteiger charge is -2.27. The number of aromatic nitrogens is 2. The van der Waals surface area contributed by atoms with Gasteiger partial charge in [0.25, 0.3) is 0 Å². The molecule has 3 N–H and O–H groups in total. The van der Waals surface area contributed by atoms with Crippen molar-refractivity contribution in [3.05, 3.63) is 101 Å². The van der Waals surface area contributed by atoms with Crippen molar-refractivity contribution in [2.45, 2.75) is 58.3 Å². The molecule has 1 unspecified atom stereocenters. The van der Waals surface area contributed by atoms with Crippen LogP contribution in [0.2, 0.25) is 0 Å². The highest BCUT2D eigenvalue weighted by molar-refractivity contribution is 6.00. The normalized spacial score (nSPS) is 16.0. The van der Waals surface area contributed by atoms with Gasteiger partial charge in [0.15, 0.2) is 0 Å². The highest BCUT2D eigenvalue weighted by atomic mass is 16.2. The smallest absolute Gasteiger partial charge is 0.323 e. The molecular formula is C36H42N6O. The molecule has 0 bridgehead atoms. The van der Waals surface area contributed by atoms with Crippen molar-refractivity contribution >= 4 is 23.4 Å². The fourth-order valence-electron chi connectivity index (χ4n) is 6.44. The predicted molar refractivity (Wildman–Crippen MR) is 176 cm³/mol. The van der Waals surface area contributed by atoms with E-state index in [9.17, 15) is 4.79 Å². The van der Waals surface area contributed by atoms with Crippen LogP contribution in [0.5, 0.6) is 0 Å². The fraction of sp³-hybridized carbons (Fsp3) is 0.361. The Morgan fingerprint density at radius 3 is 2.56 bits per heavy atom. The van der Waals surface area contributed by atoms with Crippen LogP contribution in [-0.4, -0.2) is 47.1 Å². The van der Waals surface area contributed by atoms with Crippen LogP contribution >= 0.6 is 0 Å². The van der Waals surface area contributed by atoms with Crippen LogP contribution in [0.4, 0.5) is 22.1 Å². The van der Waals surface area contributed by atoms with Gasteiger partial charge in [-0.15, -0.1) is 0 Å². The Morgan fingerprint density at radius 1 is 0.977 bits per heavy atom. The maximum absolute atomic E-state index is 12.9. The summed E-state index contributed by atoms with van der Waals surface area (Å²) in [5, 5.41) is 9.54. The molecule has 2 amide bonds.